The molecule has 2 aromatic rings. The molecule has 1 aliphatic carbocycles. The molecule has 1 amide bonds. The van der Waals surface area contributed by atoms with E-state index in [9.17, 15) is 9.59 Å². The molecule has 25 heavy (non-hydrogen) atoms. The Labute approximate surface area is 145 Å². The highest BCUT2D eigenvalue weighted by Gasteiger charge is 2.29. The minimum atomic E-state index is -0.709. The van der Waals surface area contributed by atoms with Crippen LogP contribution in [0.15, 0.2) is 16.7 Å². The molecule has 0 radical (unpaired) electrons. The number of aromatic nitrogens is 1. The normalized spacial score (nSPS) is 14.4. The largest absolute Gasteiger partial charge is 0.462 e. The maximum absolute atomic E-state index is 12.3. The van der Waals surface area contributed by atoms with E-state index in [-0.39, 0.29) is 18.1 Å². The minimum Gasteiger partial charge on any atom is -0.462 e. The first kappa shape index (κ1) is 17.3. The fourth-order valence-corrected chi connectivity index (χ4v) is 2.51. The van der Waals surface area contributed by atoms with Crippen LogP contribution >= 0.6 is 0 Å². The Morgan fingerprint density at radius 1 is 1.36 bits per heavy atom. The molecule has 0 aliphatic heterocycles. The molecule has 0 unspecified atom stereocenters. The van der Waals surface area contributed by atoms with Crippen molar-refractivity contribution in [3.8, 4) is 0 Å². The third kappa shape index (κ3) is 3.92. The van der Waals surface area contributed by atoms with E-state index >= 15 is 0 Å². The Hall–Kier alpha value is -2.57. The van der Waals surface area contributed by atoms with Crippen LogP contribution in [0.4, 0.5) is 10.7 Å². The first-order valence-electron chi connectivity index (χ1n) is 8.38. The van der Waals surface area contributed by atoms with E-state index in [0.29, 0.717) is 17.0 Å². The number of hydrogen-bond acceptors (Lipinski definition) is 6. The van der Waals surface area contributed by atoms with Crippen molar-refractivity contribution in [3.63, 3.8) is 0 Å². The SMILES string of the molecule is CCOC(=O)c1c(NC(=O)OC(C)(C)C)oc2cc(C3CC3)cnc12. The lowest BCUT2D eigenvalue weighted by molar-refractivity contribution is 0.0529. The Bertz CT molecular complexity index is 815. The molecule has 7 nitrogen and oxygen atoms in total. The van der Waals surface area contributed by atoms with E-state index in [1.165, 1.54) is 0 Å². The van der Waals surface area contributed by atoms with Crippen molar-refractivity contribution in [1.29, 1.82) is 0 Å². The van der Waals surface area contributed by atoms with Crippen LogP contribution in [0.5, 0.6) is 0 Å². The van der Waals surface area contributed by atoms with Gasteiger partial charge in [0.05, 0.1) is 6.61 Å². The lowest BCUT2D eigenvalue weighted by Crippen LogP contribution is -2.27. The average molecular weight is 346 g/mol. The van der Waals surface area contributed by atoms with Crippen molar-refractivity contribution in [2.75, 3.05) is 11.9 Å². The molecule has 1 fully saturated rings. The second kappa shape index (κ2) is 6.38. The minimum absolute atomic E-state index is 0.0110. The van der Waals surface area contributed by atoms with Crippen LogP contribution in [-0.4, -0.2) is 29.3 Å². The van der Waals surface area contributed by atoms with Crippen molar-refractivity contribution in [2.24, 2.45) is 0 Å². The topological polar surface area (TPSA) is 90.7 Å². The van der Waals surface area contributed by atoms with Gasteiger partial charge in [0.1, 0.15) is 16.7 Å². The number of pyridine rings is 1. The van der Waals surface area contributed by atoms with Gasteiger partial charge in [-0.05, 0) is 58.1 Å². The van der Waals surface area contributed by atoms with Gasteiger partial charge in [-0.1, -0.05) is 0 Å². The molecule has 0 saturated heterocycles. The fourth-order valence-electron chi connectivity index (χ4n) is 2.51. The molecule has 2 aromatic heterocycles. The smallest absolute Gasteiger partial charge is 0.414 e. The molecule has 3 rings (SSSR count). The van der Waals surface area contributed by atoms with Gasteiger partial charge in [-0.15, -0.1) is 0 Å². The molecule has 7 heteroatoms. The van der Waals surface area contributed by atoms with Crippen LogP contribution in [0.1, 0.15) is 62.4 Å². The average Bonchev–Trinajstić information content (AvgIpc) is 3.27. The molecular weight excluding hydrogens is 324 g/mol. The van der Waals surface area contributed by atoms with Crippen molar-refractivity contribution in [1.82, 2.24) is 4.98 Å². The number of esters is 1. The number of anilines is 1. The number of amides is 1. The molecular formula is C18H22N2O5. The summed E-state index contributed by atoms with van der Waals surface area (Å²) in [5.74, 6) is -0.113. The zero-order valence-electron chi connectivity index (χ0n) is 14.8. The Balaban J connectivity index is 1.97. The number of furan rings is 1. The van der Waals surface area contributed by atoms with Crippen LogP contribution in [-0.2, 0) is 9.47 Å². The summed E-state index contributed by atoms with van der Waals surface area (Å²) in [6.45, 7) is 7.17. The molecule has 134 valence electrons. The van der Waals surface area contributed by atoms with Gasteiger partial charge in [-0.3, -0.25) is 10.3 Å². The highest BCUT2D eigenvalue weighted by Crippen LogP contribution is 2.41. The summed E-state index contributed by atoms with van der Waals surface area (Å²) < 4.78 is 16.0. The zero-order chi connectivity index (χ0) is 18.2. The summed E-state index contributed by atoms with van der Waals surface area (Å²) in [5.41, 5.74) is 1.32. The van der Waals surface area contributed by atoms with Gasteiger partial charge in [0, 0.05) is 6.20 Å². The first-order valence-corrected chi connectivity index (χ1v) is 8.38. The lowest BCUT2D eigenvalue weighted by Gasteiger charge is -2.19. The van der Waals surface area contributed by atoms with Gasteiger partial charge in [-0.2, -0.15) is 0 Å². The third-order valence-corrected chi connectivity index (χ3v) is 3.69. The van der Waals surface area contributed by atoms with Crippen molar-refractivity contribution < 1.29 is 23.5 Å². The van der Waals surface area contributed by atoms with Crippen LogP contribution < -0.4 is 5.32 Å². The number of carbonyl (C=O) groups excluding carboxylic acids is 2. The van der Waals surface area contributed by atoms with Crippen LogP contribution in [0, 0.1) is 0 Å². The Kier molecular flexibility index (Phi) is 4.41. The van der Waals surface area contributed by atoms with E-state index < -0.39 is 17.7 Å². The monoisotopic (exact) mass is 346 g/mol. The number of ether oxygens (including phenoxy) is 2. The summed E-state index contributed by atoms with van der Waals surface area (Å²) in [7, 11) is 0. The predicted octanol–water partition coefficient (Wildman–Crippen LogP) is 4.23. The third-order valence-electron chi connectivity index (χ3n) is 3.69. The van der Waals surface area contributed by atoms with E-state index in [2.05, 4.69) is 10.3 Å². The molecule has 0 aromatic carbocycles. The zero-order valence-corrected chi connectivity index (χ0v) is 14.8. The summed E-state index contributed by atoms with van der Waals surface area (Å²) in [6, 6.07) is 1.86. The fraction of sp³-hybridized carbons (Fsp3) is 0.500. The van der Waals surface area contributed by atoms with Crippen molar-refractivity contribution in [2.45, 2.75) is 52.1 Å². The van der Waals surface area contributed by atoms with Crippen LogP contribution in [0.3, 0.4) is 0 Å². The molecule has 0 bridgehead atoms. The van der Waals surface area contributed by atoms with Gasteiger partial charge < -0.3 is 13.9 Å². The summed E-state index contributed by atoms with van der Waals surface area (Å²) in [6.07, 6.45) is 3.29. The van der Waals surface area contributed by atoms with Crippen LogP contribution in [0.2, 0.25) is 0 Å². The lowest BCUT2D eigenvalue weighted by atomic mass is 10.1. The Morgan fingerprint density at radius 3 is 2.68 bits per heavy atom. The number of rotatable bonds is 4. The van der Waals surface area contributed by atoms with Crippen molar-refractivity contribution in [3.05, 3.63) is 23.4 Å². The molecule has 0 atom stereocenters. The quantitative estimate of drug-likeness (QED) is 0.833. The summed E-state index contributed by atoms with van der Waals surface area (Å²) >= 11 is 0. The molecule has 2 heterocycles. The first-order chi connectivity index (χ1) is 11.8. The van der Waals surface area contributed by atoms with Crippen LogP contribution in [0.25, 0.3) is 11.1 Å². The van der Waals surface area contributed by atoms with E-state index in [4.69, 9.17) is 13.9 Å². The highest BCUT2D eigenvalue weighted by molar-refractivity contribution is 6.08. The van der Waals surface area contributed by atoms with E-state index in [1.807, 2.05) is 6.07 Å². The Morgan fingerprint density at radius 2 is 2.08 bits per heavy atom. The van der Waals surface area contributed by atoms with Gasteiger partial charge >= 0.3 is 12.1 Å². The molecule has 1 aliphatic rings. The standard InChI is InChI=1S/C18H22N2O5/c1-5-23-16(21)13-14-12(8-11(9-19-14)10-6-7-10)24-15(13)20-17(22)25-18(2,3)4/h8-10H,5-7H2,1-4H3,(H,20,22). The van der Waals surface area contributed by atoms with Crippen molar-refractivity contribution >= 4 is 29.0 Å². The molecule has 0 spiro atoms. The van der Waals surface area contributed by atoms with Gasteiger partial charge in [0.25, 0.3) is 0 Å². The maximum atomic E-state index is 12.3. The highest BCUT2D eigenvalue weighted by atomic mass is 16.6. The van der Waals surface area contributed by atoms with E-state index in [1.54, 1.807) is 33.9 Å². The predicted molar refractivity (Wildman–Crippen MR) is 91.8 cm³/mol. The summed E-state index contributed by atoms with van der Waals surface area (Å²) in [4.78, 5) is 28.7. The number of nitrogens with zero attached hydrogens (tertiary/aromatic N) is 1. The van der Waals surface area contributed by atoms with E-state index in [0.717, 1.165) is 18.4 Å². The van der Waals surface area contributed by atoms with Gasteiger partial charge in [-0.25, -0.2) is 9.59 Å². The second-order valence-electron chi connectivity index (χ2n) is 7.04. The number of hydrogen-bond donors (Lipinski definition) is 1. The van der Waals surface area contributed by atoms with Gasteiger partial charge in [0.2, 0.25) is 5.88 Å². The second-order valence-corrected chi connectivity index (χ2v) is 7.04. The maximum Gasteiger partial charge on any atom is 0.414 e. The molecule has 1 saturated carbocycles. The number of fused-ring (bicyclic) bond motifs is 1. The number of nitrogens with one attached hydrogen (secondary N) is 1. The molecule has 1 N–H and O–H groups in total. The number of carbonyl (C=O) groups is 2. The summed E-state index contributed by atoms with van der Waals surface area (Å²) in [5, 5.41) is 2.49. The van der Waals surface area contributed by atoms with Gasteiger partial charge in [0.15, 0.2) is 5.58 Å².